The van der Waals surface area contributed by atoms with Crippen LogP contribution in [0.2, 0.25) is 0 Å². The normalized spacial score (nSPS) is 12.3. The van der Waals surface area contributed by atoms with Crippen molar-refractivity contribution in [2.45, 2.75) is 18.7 Å². The summed E-state index contributed by atoms with van der Waals surface area (Å²) < 4.78 is 53.8. The number of para-hydroxylation sites is 3. The smallest absolute Gasteiger partial charge is 0.507 e. The van der Waals surface area contributed by atoms with Crippen molar-refractivity contribution in [1.29, 1.82) is 0 Å². The average molecular weight is 629 g/mol. The Hall–Kier alpha value is -5.71. The maximum Gasteiger partial charge on any atom is 0.573 e. The summed E-state index contributed by atoms with van der Waals surface area (Å²) in [5.41, 5.74) is 1.95. The molecule has 2 heterocycles. The third-order valence-corrected chi connectivity index (χ3v) is 7.70. The number of rotatable bonds is 9. The van der Waals surface area contributed by atoms with Gasteiger partial charge in [-0.05, 0) is 60.0 Å². The van der Waals surface area contributed by atoms with Crippen molar-refractivity contribution in [3.05, 3.63) is 135 Å². The average Bonchev–Trinajstić information content (AvgIpc) is 3.40. The summed E-state index contributed by atoms with van der Waals surface area (Å²) in [6, 6.07) is 25.8. The van der Waals surface area contributed by atoms with Crippen LogP contribution in [0, 0.1) is 0 Å². The lowest BCUT2D eigenvalue weighted by atomic mass is 9.85. The topological polar surface area (TPSA) is 114 Å². The van der Waals surface area contributed by atoms with E-state index in [1.165, 1.54) is 19.2 Å². The molecule has 1 atom stereocenters. The third-order valence-electron chi connectivity index (χ3n) is 7.70. The van der Waals surface area contributed by atoms with E-state index >= 15 is 0 Å². The zero-order chi connectivity index (χ0) is 32.4. The van der Waals surface area contributed by atoms with Crippen LogP contribution in [0.3, 0.4) is 0 Å². The first kappa shape index (κ1) is 30.3. The molecule has 234 valence electrons. The van der Waals surface area contributed by atoms with E-state index in [1.54, 1.807) is 48.5 Å². The van der Waals surface area contributed by atoms with E-state index in [0.29, 0.717) is 34.4 Å². The Bertz CT molecular complexity index is 2100. The van der Waals surface area contributed by atoms with Gasteiger partial charge >= 0.3 is 12.0 Å². The number of hydrogen-bond acceptors (Lipinski definition) is 6. The quantitative estimate of drug-likeness (QED) is 0.148. The van der Waals surface area contributed by atoms with Crippen LogP contribution in [0.25, 0.3) is 21.9 Å². The minimum Gasteiger partial charge on any atom is -0.507 e. The predicted octanol–water partition coefficient (Wildman–Crippen LogP) is 7.04. The highest BCUT2D eigenvalue weighted by atomic mass is 19.4. The number of aromatic hydroxyl groups is 1. The molecule has 0 aliphatic carbocycles. The van der Waals surface area contributed by atoms with Gasteiger partial charge in [-0.2, -0.15) is 0 Å². The monoisotopic (exact) mass is 628 g/mol. The second-order valence-corrected chi connectivity index (χ2v) is 10.5. The fraction of sp³-hybridized carbons (Fsp3) is 0.143. The number of fused-ring (bicyclic) bond motifs is 2. The summed E-state index contributed by atoms with van der Waals surface area (Å²) >= 11 is 0. The summed E-state index contributed by atoms with van der Waals surface area (Å²) in [5, 5.41) is 15.5. The number of aromatic amines is 1. The maximum atomic E-state index is 13.6. The highest BCUT2D eigenvalue weighted by Crippen LogP contribution is 2.41. The number of alkyl halides is 3. The first-order valence-corrected chi connectivity index (χ1v) is 14.3. The van der Waals surface area contributed by atoms with Gasteiger partial charge in [0, 0.05) is 23.1 Å². The number of amides is 1. The molecule has 1 unspecified atom stereocenters. The van der Waals surface area contributed by atoms with Crippen molar-refractivity contribution in [2.75, 3.05) is 13.7 Å². The number of hydrogen-bond donors (Lipinski definition) is 3. The molecule has 0 aliphatic rings. The van der Waals surface area contributed by atoms with E-state index in [4.69, 9.17) is 9.15 Å². The van der Waals surface area contributed by atoms with Crippen molar-refractivity contribution in [3.63, 3.8) is 0 Å². The Morgan fingerprint density at radius 2 is 1.61 bits per heavy atom. The number of nitrogens with one attached hydrogen (secondary N) is 2. The molecular formula is C35H27F3N2O6. The fourth-order valence-electron chi connectivity index (χ4n) is 5.71. The molecule has 1 amide bonds. The minimum absolute atomic E-state index is 0.103. The molecule has 0 radical (unpaired) electrons. The van der Waals surface area contributed by atoms with Crippen LogP contribution < -0.4 is 20.4 Å². The Labute approximate surface area is 260 Å². The van der Waals surface area contributed by atoms with Gasteiger partial charge < -0.3 is 29.3 Å². The number of H-pyrrole nitrogens is 1. The van der Waals surface area contributed by atoms with E-state index in [0.717, 1.165) is 28.6 Å². The third kappa shape index (κ3) is 5.99. The summed E-state index contributed by atoms with van der Waals surface area (Å²) in [6.07, 6.45) is -4.59. The Balaban J connectivity index is 1.47. The van der Waals surface area contributed by atoms with Crippen LogP contribution in [-0.4, -0.2) is 36.0 Å². The molecule has 0 saturated carbocycles. The zero-order valence-corrected chi connectivity index (χ0v) is 24.4. The molecule has 2 aromatic heterocycles. The first-order valence-electron chi connectivity index (χ1n) is 14.3. The van der Waals surface area contributed by atoms with E-state index in [2.05, 4.69) is 15.0 Å². The number of halogens is 3. The first-order chi connectivity index (χ1) is 22.1. The lowest BCUT2D eigenvalue weighted by Gasteiger charge is -2.20. The number of benzene rings is 4. The van der Waals surface area contributed by atoms with E-state index < -0.39 is 23.7 Å². The highest BCUT2D eigenvalue weighted by molar-refractivity contribution is 5.97. The number of carbonyl (C=O) groups excluding carboxylic acids is 1. The number of methoxy groups -OCH3 is 1. The van der Waals surface area contributed by atoms with Gasteiger partial charge in [-0.25, -0.2) is 4.79 Å². The Kier molecular flexibility index (Phi) is 8.14. The molecule has 4 aromatic carbocycles. The number of aromatic nitrogens is 1. The standard InChI is InChI=1S/C35H27F3N2O6/c1-44-27-12-6-4-10-25(27)33(42)39-19-18-23-22-8-2-5-11-26(22)40-31(23)29(20-14-16-21(17-15-20)46-35(36,37)38)30-32(41)24-9-3-7-13-28(24)45-34(30)43/h2-17,29,40-41H,18-19H2,1H3,(H,39,42). The zero-order valence-electron chi connectivity index (χ0n) is 24.4. The van der Waals surface area contributed by atoms with Gasteiger partial charge in [0.05, 0.1) is 29.5 Å². The number of ether oxygens (including phenoxy) is 2. The van der Waals surface area contributed by atoms with Crippen LogP contribution in [0.4, 0.5) is 13.2 Å². The lowest BCUT2D eigenvalue weighted by Crippen LogP contribution is -2.26. The van der Waals surface area contributed by atoms with Crippen molar-refractivity contribution in [2.24, 2.45) is 0 Å². The minimum atomic E-state index is -4.89. The largest absolute Gasteiger partial charge is 0.573 e. The SMILES string of the molecule is COc1ccccc1C(=O)NCCc1c(C(c2ccc(OC(F)(F)F)cc2)c2c(O)c3ccccc3oc2=O)[nH]c2ccccc12. The van der Waals surface area contributed by atoms with Crippen molar-refractivity contribution >= 4 is 27.8 Å². The van der Waals surface area contributed by atoms with Gasteiger partial charge in [0.25, 0.3) is 5.91 Å². The number of carbonyl (C=O) groups is 1. The van der Waals surface area contributed by atoms with E-state index in [1.807, 2.05) is 24.3 Å². The van der Waals surface area contributed by atoms with Crippen molar-refractivity contribution in [3.8, 4) is 17.2 Å². The Morgan fingerprint density at radius 3 is 2.35 bits per heavy atom. The van der Waals surface area contributed by atoms with Gasteiger partial charge in [0.2, 0.25) is 0 Å². The van der Waals surface area contributed by atoms with Gasteiger partial charge in [-0.3, -0.25) is 4.79 Å². The van der Waals surface area contributed by atoms with Crippen LogP contribution in [0.5, 0.6) is 17.2 Å². The summed E-state index contributed by atoms with van der Waals surface area (Å²) in [5.74, 6) is -1.69. The second-order valence-electron chi connectivity index (χ2n) is 10.5. The fourth-order valence-corrected chi connectivity index (χ4v) is 5.71. The van der Waals surface area contributed by atoms with Crippen LogP contribution in [0.15, 0.2) is 106 Å². The molecule has 6 aromatic rings. The molecule has 0 saturated heterocycles. The molecule has 0 spiro atoms. The van der Waals surface area contributed by atoms with Gasteiger partial charge in [0.1, 0.15) is 22.8 Å². The van der Waals surface area contributed by atoms with Crippen LogP contribution in [0.1, 0.15) is 38.7 Å². The van der Waals surface area contributed by atoms with E-state index in [-0.39, 0.29) is 29.3 Å². The summed E-state index contributed by atoms with van der Waals surface area (Å²) in [6.45, 7) is 0.190. The highest BCUT2D eigenvalue weighted by Gasteiger charge is 2.33. The molecule has 3 N–H and O–H groups in total. The summed E-state index contributed by atoms with van der Waals surface area (Å²) in [7, 11) is 1.48. The molecule has 0 bridgehead atoms. The van der Waals surface area contributed by atoms with Crippen LogP contribution >= 0.6 is 0 Å². The van der Waals surface area contributed by atoms with Crippen molar-refractivity contribution in [1.82, 2.24) is 10.3 Å². The van der Waals surface area contributed by atoms with Gasteiger partial charge in [-0.1, -0.05) is 54.6 Å². The molecule has 8 nitrogen and oxygen atoms in total. The van der Waals surface area contributed by atoms with Crippen LogP contribution in [-0.2, 0) is 6.42 Å². The molecule has 11 heteroatoms. The summed E-state index contributed by atoms with van der Waals surface area (Å²) in [4.78, 5) is 30.0. The predicted molar refractivity (Wildman–Crippen MR) is 166 cm³/mol. The lowest BCUT2D eigenvalue weighted by molar-refractivity contribution is -0.274. The maximum absolute atomic E-state index is 13.6. The van der Waals surface area contributed by atoms with Gasteiger partial charge in [-0.15, -0.1) is 13.2 Å². The molecule has 0 aliphatic heterocycles. The van der Waals surface area contributed by atoms with Gasteiger partial charge in [0.15, 0.2) is 0 Å². The second kappa shape index (κ2) is 12.4. The van der Waals surface area contributed by atoms with Crippen molar-refractivity contribution < 1.29 is 37.0 Å². The Morgan fingerprint density at radius 1 is 0.935 bits per heavy atom. The molecular weight excluding hydrogens is 601 g/mol. The molecule has 0 fully saturated rings. The molecule has 46 heavy (non-hydrogen) atoms. The van der Waals surface area contributed by atoms with E-state index in [9.17, 15) is 27.9 Å². The molecule has 6 rings (SSSR count).